The van der Waals surface area contributed by atoms with Crippen LogP contribution in [0.2, 0.25) is 0 Å². The third-order valence-electron chi connectivity index (χ3n) is 7.75. The van der Waals surface area contributed by atoms with Gasteiger partial charge in [0.05, 0.1) is 10.6 Å². The Kier molecular flexibility index (Phi) is 7.39. The topological polar surface area (TPSA) is 73.8 Å². The molecule has 8 heteroatoms. The van der Waals surface area contributed by atoms with Crippen LogP contribution in [-0.4, -0.2) is 80.7 Å². The van der Waals surface area contributed by atoms with E-state index >= 15 is 0 Å². The number of carbonyl (C=O) groups excluding carboxylic acids is 1. The van der Waals surface area contributed by atoms with Gasteiger partial charge in [-0.15, -0.1) is 0 Å². The van der Waals surface area contributed by atoms with Crippen LogP contribution < -0.4 is 4.90 Å². The predicted octanol–water partition coefficient (Wildman–Crippen LogP) is 2.79. The largest absolute Gasteiger partial charge is 0.354 e. The summed E-state index contributed by atoms with van der Waals surface area (Å²) in [6.07, 6.45) is 7.09. The Bertz CT molecular complexity index is 1130. The first-order valence-corrected chi connectivity index (χ1v) is 14.6. The summed E-state index contributed by atoms with van der Waals surface area (Å²) in [6, 6.07) is 11.5. The third kappa shape index (κ3) is 5.86. The number of pyridine rings is 1. The molecule has 0 bridgehead atoms. The molecule has 35 heavy (non-hydrogen) atoms. The lowest BCUT2D eigenvalue weighted by Crippen LogP contribution is -2.50. The number of piperazine rings is 1. The summed E-state index contributed by atoms with van der Waals surface area (Å²) >= 11 is 0. The molecule has 188 valence electrons. The molecular weight excluding hydrogens is 460 g/mol. The van der Waals surface area contributed by atoms with E-state index in [0.29, 0.717) is 10.8 Å². The summed E-state index contributed by atoms with van der Waals surface area (Å²) in [5.41, 5.74) is 2.41. The zero-order valence-corrected chi connectivity index (χ0v) is 21.3. The van der Waals surface area contributed by atoms with Gasteiger partial charge in [-0.3, -0.25) is 9.69 Å². The van der Waals surface area contributed by atoms with Gasteiger partial charge in [-0.25, -0.2) is 13.4 Å². The van der Waals surface area contributed by atoms with Crippen molar-refractivity contribution in [3.05, 3.63) is 53.7 Å². The third-order valence-corrected chi connectivity index (χ3v) is 9.46. The first kappa shape index (κ1) is 24.3. The maximum Gasteiger partial charge on any atom is 0.223 e. The number of aryl methyl sites for hydroxylation is 2. The molecule has 0 saturated carbocycles. The summed E-state index contributed by atoms with van der Waals surface area (Å²) in [5.74, 6) is 1.35. The number of likely N-dealkylation sites (tertiary alicyclic amines) is 1. The van der Waals surface area contributed by atoms with Crippen molar-refractivity contribution >= 4 is 21.6 Å². The Morgan fingerprint density at radius 1 is 0.971 bits per heavy atom. The molecule has 2 saturated heterocycles. The van der Waals surface area contributed by atoms with Crippen LogP contribution in [0.3, 0.4) is 0 Å². The number of anilines is 1. The normalized spacial score (nSPS) is 21.2. The van der Waals surface area contributed by atoms with Gasteiger partial charge in [-0.1, -0.05) is 12.1 Å². The lowest BCUT2D eigenvalue weighted by molar-refractivity contribution is -0.132. The SMILES string of the molecule is O=C(CCS(=O)(=O)c1ccc2c(c1)CCC2)N1CCCC(CN2CCN(c3ccccn3)CC2)C1. The van der Waals surface area contributed by atoms with E-state index in [4.69, 9.17) is 0 Å². The van der Waals surface area contributed by atoms with Crippen molar-refractivity contribution in [2.24, 2.45) is 5.92 Å². The average Bonchev–Trinajstić information content (AvgIpc) is 3.37. The molecule has 0 radical (unpaired) electrons. The highest BCUT2D eigenvalue weighted by Gasteiger charge is 2.28. The molecule has 1 unspecified atom stereocenters. The zero-order chi connectivity index (χ0) is 24.3. The van der Waals surface area contributed by atoms with Gasteiger partial charge in [0.15, 0.2) is 9.84 Å². The van der Waals surface area contributed by atoms with E-state index in [9.17, 15) is 13.2 Å². The summed E-state index contributed by atoms with van der Waals surface area (Å²) in [6.45, 7) is 6.40. The van der Waals surface area contributed by atoms with Gasteiger partial charge in [0, 0.05) is 58.4 Å². The minimum Gasteiger partial charge on any atom is -0.354 e. The number of hydrogen-bond acceptors (Lipinski definition) is 6. The molecule has 1 aromatic carbocycles. The standard InChI is InChI=1S/C27H36N4O3S/c32-27(11-18-35(33,34)25-10-9-23-6-3-7-24(23)19-25)31-13-4-5-22(21-31)20-29-14-16-30(17-15-29)26-8-1-2-12-28-26/h1-2,8-10,12,19,22H,3-7,11,13-18,20-21H2. The maximum absolute atomic E-state index is 12.9. The molecule has 7 nitrogen and oxygen atoms in total. The van der Waals surface area contributed by atoms with Crippen LogP contribution in [0, 0.1) is 5.92 Å². The first-order valence-electron chi connectivity index (χ1n) is 13.0. The lowest BCUT2D eigenvalue weighted by atomic mass is 9.97. The van der Waals surface area contributed by atoms with Gasteiger partial charge in [0.25, 0.3) is 0 Å². The highest BCUT2D eigenvalue weighted by molar-refractivity contribution is 7.91. The molecule has 3 heterocycles. The maximum atomic E-state index is 12.9. The van der Waals surface area contributed by atoms with Gasteiger partial charge >= 0.3 is 0 Å². The molecule has 1 atom stereocenters. The molecular formula is C27H36N4O3S. The van der Waals surface area contributed by atoms with E-state index in [0.717, 1.165) is 89.3 Å². The second-order valence-electron chi connectivity index (χ2n) is 10.2. The Balaban J connectivity index is 1.09. The Hall–Kier alpha value is -2.45. The van der Waals surface area contributed by atoms with Gasteiger partial charge in [-0.2, -0.15) is 0 Å². The van der Waals surface area contributed by atoms with Crippen molar-refractivity contribution in [1.82, 2.24) is 14.8 Å². The number of fused-ring (bicyclic) bond motifs is 1. The van der Waals surface area contributed by atoms with Crippen molar-refractivity contribution in [2.45, 2.75) is 43.4 Å². The fraction of sp³-hybridized carbons (Fsp3) is 0.556. The highest BCUT2D eigenvalue weighted by atomic mass is 32.2. The fourth-order valence-corrected chi connectivity index (χ4v) is 7.02. The first-order chi connectivity index (χ1) is 17.0. The molecule has 2 aliphatic heterocycles. The number of aromatic nitrogens is 1. The number of amides is 1. The predicted molar refractivity (Wildman–Crippen MR) is 137 cm³/mol. The van der Waals surface area contributed by atoms with Crippen LogP contribution in [0.1, 0.15) is 36.8 Å². The molecule has 2 aromatic rings. The second-order valence-corrected chi connectivity index (χ2v) is 12.3. The van der Waals surface area contributed by atoms with E-state index < -0.39 is 9.84 Å². The quantitative estimate of drug-likeness (QED) is 0.587. The average molecular weight is 497 g/mol. The number of piperidine rings is 1. The van der Waals surface area contributed by atoms with Gasteiger partial charge in [0.1, 0.15) is 5.82 Å². The minimum absolute atomic E-state index is 0.0283. The number of carbonyl (C=O) groups is 1. The molecule has 0 spiro atoms. The van der Waals surface area contributed by atoms with E-state index in [1.807, 2.05) is 35.4 Å². The molecule has 5 rings (SSSR count). The smallest absolute Gasteiger partial charge is 0.223 e. The van der Waals surface area contributed by atoms with Crippen LogP contribution >= 0.6 is 0 Å². The Morgan fingerprint density at radius 3 is 2.60 bits per heavy atom. The summed E-state index contributed by atoms with van der Waals surface area (Å²) in [4.78, 5) is 24.5. The fourth-order valence-electron chi connectivity index (χ4n) is 5.75. The van der Waals surface area contributed by atoms with Crippen molar-refractivity contribution in [1.29, 1.82) is 0 Å². The van der Waals surface area contributed by atoms with Crippen molar-refractivity contribution < 1.29 is 13.2 Å². The van der Waals surface area contributed by atoms with Gasteiger partial charge in [0.2, 0.25) is 5.91 Å². The molecule has 2 fully saturated rings. The Morgan fingerprint density at radius 2 is 1.80 bits per heavy atom. The van der Waals surface area contributed by atoms with Gasteiger partial charge < -0.3 is 9.80 Å². The molecule has 0 N–H and O–H groups in total. The van der Waals surface area contributed by atoms with E-state index in [-0.39, 0.29) is 18.1 Å². The monoisotopic (exact) mass is 496 g/mol. The number of nitrogens with zero attached hydrogens (tertiary/aromatic N) is 4. The minimum atomic E-state index is -3.45. The summed E-state index contributed by atoms with van der Waals surface area (Å²) in [5, 5.41) is 0. The van der Waals surface area contributed by atoms with Crippen molar-refractivity contribution in [2.75, 3.05) is 56.5 Å². The molecule has 1 aromatic heterocycles. The van der Waals surface area contributed by atoms with E-state index in [1.165, 1.54) is 5.56 Å². The zero-order valence-electron chi connectivity index (χ0n) is 20.4. The van der Waals surface area contributed by atoms with Crippen molar-refractivity contribution in [3.8, 4) is 0 Å². The number of sulfone groups is 1. The van der Waals surface area contributed by atoms with Crippen LogP contribution in [0.4, 0.5) is 5.82 Å². The van der Waals surface area contributed by atoms with Crippen LogP contribution in [0.15, 0.2) is 47.5 Å². The van der Waals surface area contributed by atoms with Crippen LogP contribution in [0.5, 0.6) is 0 Å². The lowest BCUT2D eigenvalue weighted by Gasteiger charge is -2.39. The highest BCUT2D eigenvalue weighted by Crippen LogP contribution is 2.26. The van der Waals surface area contributed by atoms with Crippen molar-refractivity contribution in [3.63, 3.8) is 0 Å². The number of hydrogen-bond donors (Lipinski definition) is 0. The summed E-state index contributed by atoms with van der Waals surface area (Å²) in [7, 11) is -3.45. The summed E-state index contributed by atoms with van der Waals surface area (Å²) < 4.78 is 25.8. The Labute approximate surface area is 209 Å². The molecule has 1 aliphatic carbocycles. The van der Waals surface area contributed by atoms with Crippen LogP contribution in [0.25, 0.3) is 0 Å². The van der Waals surface area contributed by atoms with E-state index in [1.54, 1.807) is 6.07 Å². The van der Waals surface area contributed by atoms with Gasteiger partial charge in [-0.05, 0) is 73.4 Å². The number of benzene rings is 1. The van der Waals surface area contributed by atoms with E-state index in [2.05, 4.69) is 20.9 Å². The molecule has 1 amide bonds. The second kappa shape index (κ2) is 10.7. The molecule has 3 aliphatic rings. The van der Waals surface area contributed by atoms with Crippen LogP contribution in [-0.2, 0) is 27.5 Å². The number of rotatable bonds is 7.